The van der Waals surface area contributed by atoms with Gasteiger partial charge in [0.05, 0.1) is 12.6 Å². The smallest absolute Gasteiger partial charge is 0.419 e. The zero-order valence-corrected chi connectivity index (χ0v) is 17.9. The second-order valence-corrected chi connectivity index (χ2v) is 7.54. The quantitative estimate of drug-likeness (QED) is 0.358. The van der Waals surface area contributed by atoms with Crippen LogP contribution in [0.25, 0.3) is 0 Å². The van der Waals surface area contributed by atoms with Crippen molar-refractivity contribution in [2.24, 2.45) is 0 Å². The average molecular weight is 427 g/mol. The van der Waals surface area contributed by atoms with Gasteiger partial charge in [-0.05, 0) is 55.7 Å². The number of nitrogens with one attached hydrogen (secondary N) is 3. The summed E-state index contributed by atoms with van der Waals surface area (Å²) in [6.07, 6.45) is 0.885. The van der Waals surface area contributed by atoms with E-state index in [1.165, 1.54) is 0 Å². The van der Waals surface area contributed by atoms with Gasteiger partial charge in [0.1, 0.15) is 5.75 Å². The molecule has 2 atom stereocenters. The number of anilines is 2. The van der Waals surface area contributed by atoms with Crippen molar-refractivity contribution < 1.29 is 19.4 Å². The SMILES string of the molecule is CCC(=O)N1c2ccccc2[C@H](Nc2ccc(OCCCNNC(=O)O)cc2)C[C@@H]1C. The Morgan fingerprint density at radius 3 is 2.61 bits per heavy atom. The molecule has 0 unspecified atom stereocenters. The van der Waals surface area contributed by atoms with Crippen molar-refractivity contribution >= 4 is 23.4 Å². The molecule has 2 amide bonds. The number of nitrogens with zero attached hydrogens (tertiary/aromatic N) is 1. The number of benzene rings is 2. The minimum Gasteiger partial charge on any atom is -0.494 e. The molecule has 1 aliphatic heterocycles. The molecule has 166 valence electrons. The highest BCUT2D eigenvalue weighted by Crippen LogP contribution is 2.39. The standard InChI is InChI=1S/C23H30N4O4/c1-3-22(28)27-16(2)15-20(19-7-4-5-8-21(19)27)25-17-9-11-18(12-10-17)31-14-6-13-24-26-23(29)30/h4-5,7-12,16,20,24-26H,3,6,13-15H2,1-2H3,(H,29,30)/t16-,20+/m0/s1. The molecule has 8 nitrogen and oxygen atoms in total. The zero-order chi connectivity index (χ0) is 22.2. The summed E-state index contributed by atoms with van der Waals surface area (Å²) < 4.78 is 5.70. The zero-order valence-electron chi connectivity index (χ0n) is 17.9. The molecule has 8 heteroatoms. The van der Waals surface area contributed by atoms with Crippen LogP contribution in [0.4, 0.5) is 16.2 Å². The highest BCUT2D eigenvalue weighted by atomic mass is 16.5. The number of carbonyl (C=O) groups is 2. The molecule has 0 aliphatic carbocycles. The Bertz CT molecular complexity index is 887. The highest BCUT2D eigenvalue weighted by molar-refractivity contribution is 5.95. The monoisotopic (exact) mass is 426 g/mol. The fourth-order valence-corrected chi connectivity index (χ4v) is 3.84. The van der Waals surface area contributed by atoms with Crippen LogP contribution in [0.1, 0.15) is 44.7 Å². The van der Waals surface area contributed by atoms with Gasteiger partial charge in [0.25, 0.3) is 0 Å². The molecule has 0 bridgehead atoms. The lowest BCUT2D eigenvalue weighted by Gasteiger charge is -2.40. The van der Waals surface area contributed by atoms with Crippen molar-refractivity contribution in [1.29, 1.82) is 0 Å². The molecule has 1 aliphatic rings. The summed E-state index contributed by atoms with van der Waals surface area (Å²) in [6.45, 7) is 4.96. The van der Waals surface area contributed by atoms with E-state index < -0.39 is 6.09 Å². The Labute approximate surface area is 182 Å². The minimum atomic E-state index is -1.11. The predicted octanol–water partition coefficient (Wildman–Crippen LogP) is 3.92. The van der Waals surface area contributed by atoms with E-state index in [0.29, 0.717) is 26.0 Å². The summed E-state index contributed by atoms with van der Waals surface area (Å²) in [4.78, 5) is 24.7. The fourth-order valence-electron chi connectivity index (χ4n) is 3.84. The molecule has 3 rings (SSSR count). The average Bonchev–Trinajstić information content (AvgIpc) is 2.76. The van der Waals surface area contributed by atoms with Crippen LogP contribution >= 0.6 is 0 Å². The topological polar surface area (TPSA) is 103 Å². The lowest BCUT2D eigenvalue weighted by molar-refractivity contribution is -0.118. The van der Waals surface area contributed by atoms with Crippen LogP contribution in [0.5, 0.6) is 5.75 Å². The van der Waals surface area contributed by atoms with Crippen LogP contribution in [-0.2, 0) is 4.79 Å². The maximum absolute atomic E-state index is 12.5. The molecule has 2 aromatic carbocycles. The molecular formula is C23H30N4O4. The summed E-state index contributed by atoms with van der Waals surface area (Å²) in [5.41, 5.74) is 7.78. The molecule has 0 aromatic heterocycles. The van der Waals surface area contributed by atoms with Gasteiger partial charge in [-0.25, -0.2) is 10.2 Å². The van der Waals surface area contributed by atoms with Crippen LogP contribution in [0.2, 0.25) is 0 Å². The lowest BCUT2D eigenvalue weighted by atomic mass is 9.91. The summed E-state index contributed by atoms with van der Waals surface area (Å²) in [7, 11) is 0. The van der Waals surface area contributed by atoms with Gasteiger partial charge in [-0.1, -0.05) is 25.1 Å². The van der Waals surface area contributed by atoms with Gasteiger partial charge in [0.15, 0.2) is 0 Å². The Kier molecular flexibility index (Phi) is 7.72. The maximum Gasteiger partial charge on any atom is 0.419 e. The number of para-hydroxylation sites is 1. The lowest BCUT2D eigenvalue weighted by Crippen LogP contribution is -2.44. The third kappa shape index (κ3) is 5.88. The molecule has 2 aromatic rings. The number of fused-ring (bicyclic) bond motifs is 1. The molecule has 4 N–H and O–H groups in total. The minimum absolute atomic E-state index is 0.117. The highest BCUT2D eigenvalue weighted by Gasteiger charge is 2.32. The predicted molar refractivity (Wildman–Crippen MR) is 120 cm³/mol. The van der Waals surface area contributed by atoms with Gasteiger partial charge in [0, 0.05) is 30.4 Å². The molecule has 0 saturated carbocycles. The Balaban J connectivity index is 1.58. The summed E-state index contributed by atoms with van der Waals surface area (Å²) in [5.74, 6) is 0.905. The van der Waals surface area contributed by atoms with Gasteiger partial charge in [-0.15, -0.1) is 0 Å². The van der Waals surface area contributed by atoms with Gasteiger partial charge in [-0.2, -0.15) is 0 Å². The number of hydrogen-bond acceptors (Lipinski definition) is 5. The van der Waals surface area contributed by atoms with Crippen LogP contribution < -0.4 is 25.8 Å². The van der Waals surface area contributed by atoms with Gasteiger partial charge in [0.2, 0.25) is 5.91 Å². The molecule has 0 spiro atoms. The van der Waals surface area contributed by atoms with E-state index in [4.69, 9.17) is 9.84 Å². The van der Waals surface area contributed by atoms with Crippen LogP contribution in [0.15, 0.2) is 48.5 Å². The molecule has 31 heavy (non-hydrogen) atoms. The third-order valence-electron chi connectivity index (χ3n) is 5.27. The van der Waals surface area contributed by atoms with E-state index >= 15 is 0 Å². The number of amides is 2. The summed E-state index contributed by atoms with van der Waals surface area (Å²) in [5, 5.41) is 12.1. The third-order valence-corrected chi connectivity index (χ3v) is 5.27. The first-order valence-corrected chi connectivity index (χ1v) is 10.6. The van der Waals surface area contributed by atoms with Crippen molar-refractivity contribution in [3.05, 3.63) is 54.1 Å². The first-order valence-electron chi connectivity index (χ1n) is 10.6. The Hall–Kier alpha value is -3.26. The molecule has 0 fully saturated rings. The van der Waals surface area contributed by atoms with Crippen molar-refractivity contribution in [3.8, 4) is 5.75 Å². The van der Waals surface area contributed by atoms with Crippen LogP contribution in [0.3, 0.4) is 0 Å². The number of ether oxygens (including phenoxy) is 1. The number of hydrazine groups is 1. The van der Waals surface area contributed by atoms with E-state index in [-0.39, 0.29) is 18.0 Å². The normalized spacial score (nSPS) is 17.5. The number of carboxylic acid groups (broad SMARTS) is 1. The first-order chi connectivity index (χ1) is 15.0. The Morgan fingerprint density at radius 2 is 1.90 bits per heavy atom. The van der Waals surface area contributed by atoms with Crippen LogP contribution in [-0.4, -0.2) is 36.3 Å². The van der Waals surface area contributed by atoms with Crippen molar-refractivity contribution in [2.75, 3.05) is 23.4 Å². The van der Waals surface area contributed by atoms with Gasteiger partial charge < -0.3 is 20.1 Å². The van der Waals surface area contributed by atoms with E-state index in [1.54, 1.807) is 0 Å². The second-order valence-electron chi connectivity index (χ2n) is 7.54. The summed E-state index contributed by atoms with van der Waals surface area (Å²) >= 11 is 0. The first kappa shape index (κ1) is 22.4. The fraction of sp³-hybridized carbons (Fsp3) is 0.391. The van der Waals surface area contributed by atoms with E-state index in [1.807, 2.05) is 54.3 Å². The van der Waals surface area contributed by atoms with E-state index in [0.717, 1.165) is 29.1 Å². The van der Waals surface area contributed by atoms with Crippen molar-refractivity contribution in [1.82, 2.24) is 10.9 Å². The van der Waals surface area contributed by atoms with Crippen molar-refractivity contribution in [3.63, 3.8) is 0 Å². The van der Waals surface area contributed by atoms with Gasteiger partial charge in [-0.3, -0.25) is 10.2 Å². The van der Waals surface area contributed by atoms with Gasteiger partial charge >= 0.3 is 6.09 Å². The van der Waals surface area contributed by atoms with Crippen molar-refractivity contribution in [2.45, 2.75) is 45.2 Å². The van der Waals surface area contributed by atoms with E-state index in [9.17, 15) is 9.59 Å². The molecular weight excluding hydrogens is 396 g/mol. The number of carbonyl (C=O) groups excluding carboxylic acids is 1. The number of rotatable bonds is 9. The van der Waals surface area contributed by atoms with E-state index in [2.05, 4.69) is 29.2 Å². The Morgan fingerprint density at radius 1 is 1.16 bits per heavy atom. The largest absolute Gasteiger partial charge is 0.494 e. The maximum atomic E-state index is 12.5. The molecule has 1 heterocycles. The molecule has 0 radical (unpaired) electrons. The second kappa shape index (κ2) is 10.7. The molecule has 0 saturated heterocycles. The summed E-state index contributed by atoms with van der Waals surface area (Å²) in [6, 6.07) is 16.1. The van der Waals surface area contributed by atoms with Crippen LogP contribution in [0, 0.1) is 0 Å². The number of hydrogen-bond donors (Lipinski definition) is 4.